The second-order valence-corrected chi connectivity index (χ2v) is 9.37. The Morgan fingerprint density at radius 1 is 0.964 bits per heavy atom. The molecule has 0 amide bonds. The van der Waals surface area contributed by atoms with E-state index in [4.69, 9.17) is 0 Å². The first-order valence-corrected chi connectivity index (χ1v) is 11.5. The van der Waals surface area contributed by atoms with Crippen LogP contribution in [0.1, 0.15) is 51.7 Å². The number of benzene rings is 2. The van der Waals surface area contributed by atoms with Crippen LogP contribution in [0.5, 0.6) is 0 Å². The van der Waals surface area contributed by atoms with Gasteiger partial charge in [0.15, 0.2) is 9.84 Å². The van der Waals surface area contributed by atoms with Crippen LogP contribution in [0.2, 0.25) is 0 Å². The molecule has 0 bridgehead atoms. The van der Waals surface area contributed by atoms with E-state index in [1.165, 1.54) is 36.6 Å². The Morgan fingerprint density at radius 2 is 1.54 bits per heavy atom. The van der Waals surface area contributed by atoms with Crippen LogP contribution in [0.4, 0.5) is 0 Å². The van der Waals surface area contributed by atoms with Crippen LogP contribution in [0.3, 0.4) is 0 Å². The zero-order valence-electron chi connectivity index (χ0n) is 17.9. The monoisotopic (exact) mass is 405 g/mol. The normalized spacial score (nSPS) is 12.0. The summed E-state index contributed by atoms with van der Waals surface area (Å²) in [5.41, 5.74) is 4.66. The maximum Gasteiger partial charge on any atom is 0.175 e. The van der Waals surface area contributed by atoms with Crippen molar-refractivity contribution in [3.8, 4) is 11.1 Å². The van der Waals surface area contributed by atoms with E-state index >= 15 is 0 Å². The molecule has 0 aliphatic heterocycles. The van der Waals surface area contributed by atoms with Crippen LogP contribution < -0.4 is 0 Å². The van der Waals surface area contributed by atoms with E-state index < -0.39 is 9.84 Å². The summed E-state index contributed by atoms with van der Waals surface area (Å²) in [6.07, 6.45) is 5.14. The van der Waals surface area contributed by atoms with E-state index in [0.29, 0.717) is 4.90 Å². The Labute approximate surface area is 173 Å². The SMILES string of the molecule is C.CCCC(CC)N(C)C.Cc1cccc(-c2ccc(S(C)(=O)=O)cc2)c1C. The van der Waals surface area contributed by atoms with Crippen molar-refractivity contribution in [2.45, 2.75) is 65.3 Å². The van der Waals surface area contributed by atoms with Gasteiger partial charge >= 0.3 is 0 Å². The molecule has 2 aromatic rings. The summed E-state index contributed by atoms with van der Waals surface area (Å²) in [5.74, 6) is 0. The standard InChI is InChI=1S/C15H16O2S.C8H19N.CH4/c1-11-5-4-6-15(12(11)2)13-7-9-14(10-8-13)18(3,16)17;1-5-7-8(6-2)9(3)4;/h4-10H,1-3H3;8H,5-7H2,1-4H3;1H4. The summed E-state index contributed by atoms with van der Waals surface area (Å²) < 4.78 is 22.8. The van der Waals surface area contributed by atoms with Crippen molar-refractivity contribution in [1.82, 2.24) is 4.90 Å². The lowest BCUT2D eigenvalue weighted by atomic mass is 9.97. The molecule has 0 heterocycles. The van der Waals surface area contributed by atoms with Gasteiger partial charge in [-0.25, -0.2) is 8.42 Å². The summed E-state index contributed by atoms with van der Waals surface area (Å²) in [6.45, 7) is 8.64. The highest BCUT2D eigenvalue weighted by molar-refractivity contribution is 7.90. The zero-order chi connectivity index (χ0) is 20.6. The van der Waals surface area contributed by atoms with Crippen LogP contribution >= 0.6 is 0 Å². The van der Waals surface area contributed by atoms with Crippen molar-refractivity contribution in [2.75, 3.05) is 20.4 Å². The third-order valence-electron chi connectivity index (χ3n) is 5.02. The third kappa shape index (κ3) is 7.76. The molecule has 2 rings (SSSR count). The first-order valence-electron chi connectivity index (χ1n) is 9.64. The van der Waals surface area contributed by atoms with Gasteiger partial charge in [0, 0.05) is 12.3 Å². The van der Waals surface area contributed by atoms with E-state index in [-0.39, 0.29) is 7.43 Å². The molecular weight excluding hydrogens is 366 g/mol. The van der Waals surface area contributed by atoms with Crippen molar-refractivity contribution in [3.05, 3.63) is 53.6 Å². The highest BCUT2D eigenvalue weighted by Crippen LogP contribution is 2.26. The highest BCUT2D eigenvalue weighted by Gasteiger charge is 2.08. The van der Waals surface area contributed by atoms with Gasteiger partial charge in [-0.2, -0.15) is 0 Å². The molecule has 0 saturated carbocycles. The molecule has 0 radical (unpaired) electrons. The van der Waals surface area contributed by atoms with Crippen LogP contribution in [0, 0.1) is 13.8 Å². The Kier molecular flexibility index (Phi) is 11.3. The summed E-state index contributed by atoms with van der Waals surface area (Å²) in [4.78, 5) is 2.67. The first-order chi connectivity index (χ1) is 12.6. The smallest absolute Gasteiger partial charge is 0.175 e. The molecule has 158 valence electrons. The largest absolute Gasteiger partial charge is 0.306 e. The maximum atomic E-state index is 11.4. The number of sulfone groups is 1. The molecule has 0 aliphatic rings. The fraction of sp³-hybridized carbons (Fsp3) is 0.500. The van der Waals surface area contributed by atoms with Crippen molar-refractivity contribution in [1.29, 1.82) is 0 Å². The van der Waals surface area contributed by atoms with E-state index in [1.807, 2.05) is 18.2 Å². The number of aryl methyl sites for hydroxylation is 1. The van der Waals surface area contributed by atoms with Gasteiger partial charge in [0.2, 0.25) is 0 Å². The molecule has 1 atom stereocenters. The second kappa shape index (κ2) is 12.0. The molecule has 0 aliphatic carbocycles. The summed E-state index contributed by atoms with van der Waals surface area (Å²) >= 11 is 0. The molecule has 0 fully saturated rings. The minimum absolute atomic E-state index is 0. The number of nitrogens with zero attached hydrogens (tertiary/aromatic N) is 1. The minimum Gasteiger partial charge on any atom is -0.306 e. The van der Waals surface area contributed by atoms with Gasteiger partial charge in [-0.1, -0.05) is 58.0 Å². The number of hydrogen-bond donors (Lipinski definition) is 0. The molecule has 28 heavy (non-hydrogen) atoms. The molecular formula is C24H39NO2S. The van der Waals surface area contributed by atoms with Crippen molar-refractivity contribution in [2.24, 2.45) is 0 Å². The predicted molar refractivity (Wildman–Crippen MR) is 124 cm³/mol. The lowest BCUT2D eigenvalue weighted by Gasteiger charge is -2.21. The molecule has 1 unspecified atom stereocenters. The van der Waals surface area contributed by atoms with Gasteiger partial charge in [-0.05, 0) is 75.2 Å². The summed E-state index contributed by atoms with van der Waals surface area (Å²) in [5, 5.41) is 0. The van der Waals surface area contributed by atoms with Crippen LogP contribution in [0.25, 0.3) is 11.1 Å². The van der Waals surface area contributed by atoms with Crippen molar-refractivity contribution < 1.29 is 8.42 Å². The summed E-state index contributed by atoms with van der Waals surface area (Å²) in [6, 6.07) is 14.0. The lowest BCUT2D eigenvalue weighted by molar-refractivity contribution is 0.269. The van der Waals surface area contributed by atoms with Crippen LogP contribution in [0.15, 0.2) is 47.4 Å². The Bertz CT molecular complexity index is 809. The molecule has 0 aromatic heterocycles. The fourth-order valence-corrected chi connectivity index (χ4v) is 3.74. The lowest BCUT2D eigenvalue weighted by Crippen LogP contribution is -2.26. The van der Waals surface area contributed by atoms with E-state index in [9.17, 15) is 8.42 Å². The van der Waals surface area contributed by atoms with Gasteiger partial charge in [-0.3, -0.25) is 0 Å². The van der Waals surface area contributed by atoms with Crippen LogP contribution in [-0.4, -0.2) is 39.7 Å². The molecule has 0 N–H and O–H groups in total. The van der Waals surface area contributed by atoms with Crippen LogP contribution in [-0.2, 0) is 9.84 Å². The fourth-order valence-electron chi connectivity index (χ4n) is 3.11. The first kappa shape index (κ1) is 26.4. The highest BCUT2D eigenvalue weighted by atomic mass is 32.2. The average Bonchev–Trinajstić information content (AvgIpc) is 2.61. The summed E-state index contributed by atoms with van der Waals surface area (Å²) in [7, 11) is 1.19. The van der Waals surface area contributed by atoms with Crippen molar-refractivity contribution in [3.63, 3.8) is 0 Å². The Morgan fingerprint density at radius 3 is 1.93 bits per heavy atom. The predicted octanol–water partition coefficient (Wildman–Crippen LogP) is 6.14. The molecule has 2 aromatic carbocycles. The molecule has 3 nitrogen and oxygen atoms in total. The van der Waals surface area contributed by atoms with Gasteiger partial charge in [0.1, 0.15) is 0 Å². The van der Waals surface area contributed by atoms with Gasteiger partial charge in [0.25, 0.3) is 0 Å². The second-order valence-electron chi connectivity index (χ2n) is 7.36. The van der Waals surface area contributed by atoms with E-state index in [0.717, 1.165) is 17.2 Å². The van der Waals surface area contributed by atoms with Crippen molar-refractivity contribution >= 4 is 9.84 Å². The van der Waals surface area contributed by atoms with Gasteiger partial charge < -0.3 is 4.90 Å². The van der Waals surface area contributed by atoms with E-state index in [2.05, 4.69) is 58.8 Å². The Balaban J connectivity index is 0.000000627. The number of rotatable bonds is 6. The number of hydrogen-bond acceptors (Lipinski definition) is 3. The molecule has 0 spiro atoms. The van der Waals surface area contributed by atoms with Gasteiger partial charge in [0.05, 0.1) is 4.90 Å². The zero-order valence-corrected chi connectivity index (χ0v) is 18.7. The maximum absolute atomic E-state index is 11.4. The topological polar surface area (TPSA) is 37.4 Å². The third-order valence-corrected chi connectivity index (χ3v) is 6.15. The minimum atomic E-state index is -3.12. The molecule has 4 heteroatoms. The average molecular weight is 406 g/mol. The quantitative estimate of drug-likeness (QED) is 0.579. The van der Waals surface area contributed by atoms with E-state index in [1.54, 1.807) is 12.1 Å². The Hall–Kier alpha value is -1.65. The molecule has 0 saturated heterocycles. The van der Waals surface area contributed by atoms with Gasteiger partial charge in [-0.15, -0.1) is 0 Å².